The molecule has 0 radical (unpaired) electrons. The number of carboxylic acid groups (broad SMARTS) is 1. The number of hydrogen-bond acceptors (Lipinski definition) is 6. The largest absolute Gasteiger partial charge is 0.481 e. The molecule has 1 saturated heterocycles. The zero-order chi connectivity index (χ0) is 33.2. The Hall–Kier alpha value is -3.23. The maximum absolute atomic E-state index is 14.4. The predicted octanol–water partition coefficient (Wildman–Crippen LogP) is 7.09. The van der Waals surface area contributed by atoms with Gasteiger partial charge in [0.15, 0.2) is 0 Å². The van der Waals surface area contributed by atoms with Crippen LogP contribution < -0.4 is 4.90 Å². The lowest BCUT2D eigenvalue weighted by atomic mass is 9.97. The van der Waals surface area contributed by atoms with Gasteiger partial charge in [-0.15, -0.1) is 0 Å². The lowest BCUT2D eigenvalue weighted by Gasteiger charge is -2.32. The second kappa shape index (κ2) is 16.4. The summed E-state index contributed by atoms with van der Waals surface area (Å²) in [6.45, 7) is 5.72. The number of halogens is 6. The van der Waals surface area contributed by atoms with Crippen molar-refractivity contribution in [2.75, 3.05) is 57.5 Å². The van der Waals surface area contributed by atoms with Crippen LogP contribution in [0, 0.1) is 5.92 Å². The first kappa shape index (κ1) is 36.2. The summed E-state index contributed by atoms with van der Waals surface area (Å²) in [6, 6.07) is 8.27. The van der Waals surface area contributed by atoms with Crippen LogP contribution in [0.4, 0.5) is 32.0 Å². The molecule has 1 aliphatic heterocycles. The molecule has 0 aliphatic carbocycles. The van der Waals surface area contributed by atoms with E-state index < -0.39 is 51.7 Å². The van der Waals surface area contributed by atoms with Gasteiger partial charge in [0.1, 0.15) is 0 Å². The third-order valence-electron chi connectivity index (χ3n) is 7.16. The fourth-order valence-corrected chi connectivity index (χ4v) is 5.94. The maximum atomic E-state index is 14.4. The zero-order valence-electron chi connectivity index (χ0n) is 24.9. The zero-order valence-corrected chi connectivity index (χ0v) is 25.7. The minimum atomic E-state index is -5.38. The first-order valence-electron chi connectivity index (χ1n) is 14.5. The van der Waals surface area contributed by atoms with E-state index in [1.807, 2.05) is 4.90 Å². The van der Waals surface area contributed by atoms with Gasteiger partial charge in [0.25, 0.3) is 0 Å². The van der Waals surface area contributed by atoms with Gasteiger partial charge in [-0.25, -0.2) is 0 Å². The summed E-state index contributed by atoms with van der Waals surface area (Å²) in [6.07, 6.45) is -8.37. The molecule has 1 amide bonds. The van der Waals surface area contributed by atoms with E-state index in [9.17, 15) is 41.0 Å². The smallest absolute Gasteiger partial charge is 0.418 e. The molecular weight excluding hydrogens is 626 g/mol. The monoisotopic (exact) mass is 662 g/mol. The Morgan fingerprint density at radius 3 is 2.09 bits per heavy atom. The number of anilines is 1. The van der Waals surface area contributed by atoms with Crippen LogP contribution in [0.3, 0.4) is 0 Å². The summed E-state index contributed by atoms with van der Waals surface area (Å²) < 4.78 is 96.6. The first-order chi connectivity index (χ1) is 21.3. The van der Waals surface area contributed by atoms with E-state index in [2.05, 4.69) is 0 Å². The highest BCUT2D eigenvalue weighted by molar-refractivity contribution is 7.99. The number of aliphatic carboxylic acids is 1. The molecule has 7 nitrogen and oxygen atoms in total. The SMILES string of the molecule is CCOCCN(CCOCC)C(=O)/C=C/c1ccc(Sc2cccc(N3CCC(C(=O)O)CC3)c2)c(C(F)(F)F)c1C(F)(F)F. The number of hydrogen-bond donors (Lipinski definition) is 1. The second-order valence-corrected chi connectivity index (χ2v) is 11.3. The molecular formula is C31H36F6N2O5S. The number of benzene rings is 2. The van der Waals surface area contributed by atoms with Gasteiger partial charge in [0.2, 0.25) is 5.91 Å². The second-order valence-electron chi connectivity index (χ2n) is 10.1. The lowest BCUT2D eigenvalue weighted by Crippen LogP contribution is -2.36. The average molecular weight is 663 g/mol. The van der Waals surface area contributed by atoms with Crippen LogP contribution in [0.2, 0.25) is 0 Å². The molecule has 0 saturated carbocycles. The highest BCUT2D eigenvalue weighted by Gasteiger charge is 2.46. The van der Waals surface area contributed by atoms with Crippen LogP contribution in [-0.4, -0.2) is 74.5 Å². The van der Waals surface area contributed by atoms with Crippen molar-refractivity contribution in [1.82, 2.24) is 4.90 Å². The van der Waals surface area contributed by atoms with Gasteiger partial charge in [0, 0.05) is 60.9 Å². The van der Waals surface area contributed by atoms with Gasteiger partial charge in [-0.2, -0.15) is 26.3 Å². The molecule has 1 N–H and O–H groups in total. The highest BCUT2D eigenvalue weighted by Crippen LogP contribution is 2.48. The molecule has 248 valence electrons. The van der Waals surface area contributed by atoms with Crippen LogP contribution in [0.5, 0.6) is 0 Å². The number of amides is 1. The number of rotatable bonds is 14. The molecule has 0 aromatic heterocycles. The van der Waals surface area contributed by atoms with E-state index in [-0.39, 0.29) is 31.2 Å². The topological polar surface area (TPSA) is 79.3 Å². The van der Waals surface area contributed by atoms with E-state index >= 15 is 0 Å². The van der Waals surface area contributed by atoms with Crippen molar-refractivity contribution in [3.63, 3.8) is 0 Å². The van der Waals surface area contributed by atoms with Crippen LogP contribution in [0.15, 0.2) is 52.3 Å². The van der Waals surface area contributed by atoms with Crippen LogP contribution >= 0.6 is 11.8 Å². The van der Waals surface area contributed by atoms with Gasteiger partial charge in [-0.05, 0) is 62.6 Å². The summed E-state index contributed by atoms with van der Waals surface area (Å²) in [7, 11) is 0. The Morgan fingerprint density at radius 2 is 1.56 bits per heavy atom. The quantitative estimate of drug-likeness (QED) is 0.132. The molecule has 1 heterocycles. The van der Waals surface area contributed by atoms with Crippen molar-refractivity contribution in [3.05, 3.63) is 59.2 Å². The van der Waals surface area contributed by atoms with Crippen molar-refractivity contribution in [1.29, 1.82) is 0 Å². The average Bonchev–Trinajstić information content (AvgIpc) is 2.98. The van der Waals surface area contributed by atoms with Crippen molar-refractivity contribution in [2.45, 2.75) is 48.8 Å². The minimum Gasteiger partial charge on any atom is -0.481 e. The van der Waals surface area contributed by atoms with Crippen molar-refractivity contribution in [2.24, 2.45) is 5.92 Å². The minimum absolute atomic E-state index is 0.121. The first-order valence-corrected chi connectivity index (χ1v) is 15.3. The Labute approximate surface area is 262 Å². The van der Waals surface area contributed by atoms with E-state index in [4.69, 9.17) is 9.47 Å². The summed E-state index contributed by atoms with van der Waals surface area (Å²) in [5, 5.41) is 9.23. The molecule has 0 bridgehead atoms. The van der Waals surface area contributed by atoms with Gasteiger partial charge >= 0.3 is 18.3 Å². The van der Waals surface area contributed by atoms with Crippen LogP contribution in [0.1, 0.15) is 43.4 Å². The molecule has 2 aromatic carbocycles. The third-order valence-corrected chi connectivity index (χ3v) is 8.21. The number of carbonyl (C=O) groups is 2. The molecule has 1 aliphatic rings. The molecule has 14 heteroatoms. The van der Waals surface area contributed by atoms with E-state index in [0.717, 1.165) is 24.3 Å². The maximum Gasteiger partial charge on any atom is 0.418 e. The Bertz CT molecular complexity index is 1320. The number of carboxylic acids is 1. The van der Waals surface area contributed by atoms with E-state index in [1.165, 1.54) is 11.0 Å². The molecule has 2 aromatic rings. The van der Waals surface area contributed by atoms with Gasteiger partial charge in [0.05, 0.1) is 30.3 Å². The number of alkyl halides is 6. The number of nitrogens with zero attached hydrogens (tertiary/aromatic N) is 2. The summed E-state index contributed by atoms with van der Waals surface area (Å²) in [5.74, 6) is -2.06. The Balaban J connectivity index is 1.94. The van der Waals surface area contributed by atoms with Gasteiger partial charge in [-0.3, -0.25) is 9.59 Å². The third kappa shape index (κ3) is 10.4. The molecule has 1 fully saturated rings. The van der Waals surface area contributed by atoms with Gasteiger partial charge in [-0.1, -0.05) is 23.9 Å². The predicted molar refractivity (Wildman–Crippen MR) is 158 cm³/mol. The van der Waals surface area contributed by atoms with Crippen LogP contribution in [0.25, 0.3) is 6.08 Å². The molecule has 45 heavy (non-hydrogen) atoms. The molecule has 3 rings (SSSR count). The summed E-state index contributed by atoms with van der Waals surface area (Å²) >= 11 is 0.548. The highest BCUT2D eigenvalue weighted by atomic mass is 32.2. The van der Waals surface area contributed by atoms with E-state index in [1.54, 1.807) is 32.0 Å². The standard InChI is InChI=1S/C31H36F6N2O5S/c1-3-43-18-16-39(17-19-44-4-2)26(40)11-9-21-8-10-25(28(31(35,36)37)27(21)30(32,33)34)45-24-7-5-6-23(20-24)38-14-12-22(13-15-38)29(41)42/h5-11,20,22H,3-4,12-19H2,1-2H3,(H,41,42)/b11-9+. The number of piperidine rings is 1. The fraction of sp³-hybridized carbons (Fsp3) is 0.484. The van der Waals surface area contributed by atoms with Crippen molar-refractivity contribution < 1.29 is 50.5 Å². The normalized spacial score (nSPS) is 14.7. The Morgan fingerprint density at radius 1 is 0.956 bits per heavy atom. The van der Waals surface area contributed by atoms with Crippen LogP contribution in [-0.2, 0) is 31.4 Å². The molecule has 0 unspecified atom stereocenters. The van der Waals surface area contributed by atoms with E-state index in [0.29, 0.717) is 56.6 Å². The number of carbonyl (C=O) groups excluding carboxylic acids is 1. The summed E-state index contributed by atoms with van der Waals surface area (Å²) in [4.78, 5) is 26.9. The number of ether oxygens (including phenoxy) is 2. The molecule has 0 atom stereocenters. The fourth-order valence-electron chi connectivity index (χ4n) is 4.90. The molecule has 0 spiro atoms. The van der Waals surface area contributed by atoms with Crippen molar-refractivity contribution in [3.8, 4) is 0 Å². The Kier molecular flexibility index (Phi) is 13.2. The van der Waals surface area contributed by atoms with Gasteiger partial charge < -0.3 is 24.4 Å². The van der Waals surface area contributed by atoms with Crippen molar-refractivity contribution >= 4 is 35.4 Å². The lowest BCUT2D eigenvalue weighted by molar-refractivity contribution is -0.163. The summed E-state index contributed by atoms with van der Waals surface area (Å²) in [5.41, 5.74) is -3.89.